The third-order valence-electron chi connectivity index (χ3n) is 5.93. The summed E-state index contributed by atoms with van der Waals surface area (Å²) in [5, 5.41) is 0. The van der Waals surface area contributed by atoms with Gasteiger partial charge in [0.2, 0.25) is 0 Å². The molecular weight excluding hydrogens is 206 g/mol. The normalized spacial score (nSPS) is 46.2. The van der Waals surface area contributed by atoms with Crippen molar-refractivity contribution in [2.24, 2.45) is 34.3 Å². The molecule has 4 rings (SSSR count). The summed E-state index contributed by atoms with van der Waals surface area (Å²) in [4.78, 5) is 0. The highest BCUT2D eigenvalue weighted by atomic mass is 14.7. The van der Waals surface area contributed by atoms with Gasteiger partial charge in [0.25, 0.3) is 0 Å². The molecule has 0 saturated heterocycles. The van der Waals surface area contributed by atoms with Crippen LogP contribution in [0.3, 0.4) is 0 Å². The van der Waals surface area contributed by atoms with Crippen LogP contribution in [0.5, 0.6) is 0 Å². The van der Waals surface area contributed by atoms with Crippen molar-refractivity contribution in [3.05, 3.63) is 0 Å². The molecule has 4 aliphatic carbocycles. The molecule has 4 fully saturated rings. The van der Waals surface area contributed by atoms with Gasteiger partial charge in [-0.05, 0) is 73.5 Å². The maximum absolute atomic E-state index is 6.47. The second-order valence-corrected chi connectivity index (χ2v) is 8.59. The Kier molecular flexibility index (Phi) is 2.63. The van der Waals surface area contributed by atoms with E-state index in [0.717, 1.165) is 17.8 Å². The van der Waals surface area contributed by atoms with E-state index in [4.69, 9.17) is 5.73 Å². The van der Waals surface area contributed by atoms with E-state index in [1.54, 1.807) is 19.3 Å². The Bertz CT molecular complexity index is 264. The number of nitrogens with two attached hydrogens (primary N) is 1. The van der Waals surface area contributed by atoms with Crippen molar-refractivity contribution in [3.8, 4) is 0 Å². The molecule has 1 atom stereocenters. The van der Waals surface area contributed by atoms with Gasteiger partial charge in [-0.25, -0.2) is 0 Å². The van der Waals surface area contributed by atoms with Crippen molar-refractivity contribution in [1.82, 2.24) is 0 Å². The summed E-state index contributed by atoms with van der Waals surface area (Å²) in [5.74, 6) is 3.19. The molecule has 4 bridgehead atoms. The van der Waals surface area contributed by atoms with Crippen LogP contribution in [-0.2, 0) is 0 Å². The topological polar surface area (TPSA) is 26.0 Å². The smallest absolute Gasteiger partial charge is 0.00929 e. The first-order valence-corrected chi connectivity index (χ1v) is 7.62. The van der Waals surface area contributed by atoms with Gasteiger partial charge in [0, 0.05) is 6.04 Å². The monoisotopic (exact) mass is 235 g/mol. The van der Waals surface area contributed by atoms with E-state index >= 15 is 0 Å². The van der Waals surface area contributed by atoms with Crippen molar-refractivity contribution >= 4 is 0 Å². The molecular formula is C16H29N. The van der Waals surface area contributed by atoms with Gasteiger partial charge in [0.1, 0.15) is 0 Å². The van der Waals surface area contributed by atoms with Crippen molar-refractivity contribution < 1.29 is 0 Å². The van der Waals surface area contributed by atoms with E-state index in [9.17, 15) is 0 Å². The minimum atomic E-state index is 0.281. The average molecular weight is 235 g/mol. The maximum Gasteiger partial charge on any atom is 0.00929 e. The zero-order valence-electron chi connectivity index (χ0n) is 11.8. The molecule has 0 heterocycles. The molecule has 4 aliphatic rings. The Labute approximate surface area is 107 Å². The first-order chi connectivity index (χ1) is 7.86. The third kappa shape index (κ3) is 2.16. The Morgan fingerprint density at radius 1 is 1.00 bits per heavy atom. The molecule has 0 spiro atoms. The molecule has 0 aromatic rings. The quantitative estimate of drug-likeness (QED) is 0.770. The molecule has 2 N–H and O–H groups in total. The molecule has 0 aliphatic heterocycles. The van der Waals surface area contributed by atoms with Crippen LogP contribution >= 0.6 is 0 Å². The summed E-state index contributed by atoms with van der Waals surface area (Å²) < 4.78 is 0. The van der Waals surface area contributed by atoms with Crippen LogP contribution in [0.15, 0.2) is 0 Å². The number of rotatable bonds is 2. The minimum Gasteiger partial charge on any atom is -0.327 e. The largest absolute Gasteiger partial charge is 0.327 e. The second kappa shape index (κ2) is 3.73. The maximum atomic E-state index is 6.47. The molecule has 0 amide bonds. The van der Waals surface area contributed by atoms with E-state index in [1.165, 1.54) is 25.7 Å². The van der Waals surface area contributed by atoms with E-state index in [2.05, 4.69) is 20.8 Å². The van der Waals surface area contributed by atoms with Gasteiger partial charge in [-0.2, -0.15) is 0 Å². The summed E-state index contributed by atoms with van der Waals surface area (Å²) in [6.07, 6.45) is 10.4. The highest BCUT2D eigenvalue weighted by Crippen LogP contribution is 2.61. The fourth-order valence-electron chi connectivity index (χ4n) is 5.31. The van der Waals surface area contributed by atoms with E-state index in [0.29, 0.717) is 11.5 Å². The van der Waals surface area contributed by atoms with E-state index in [-0.39, 0.29) is 5.41 Å². The molecule has 0 aromatic carbocycles. The van der Waals surface area contributed by atoms with Gasteiger partial charge in [-0.1, -0.05) is 20.8 Å². The SMILES string of the molecule is CC(C)(C)C(N)CC12CC3CC(CC(C3)C1)C2. The average Bonchev–Trinajstić information content (AvgIpc) is 2.12. The molecule has 1 unspecified atom stereocenters. The third-order valence-corrected chi connectivity index (χ3v) is 5.93. The zero-order chi connectivity index (χ0) is 12.3. The molecule has 17 heavy (non-hydrogen) atoms. The van der Waals surface area contributed by atoms with Crippen molar-refractivity contribution in [2.75, 3.05) is 0 Å². The predicted octanol–water partition coefficient (Wildman–Crippen LogP) is 3.97. The van der Waals surface area contributed by atoms with Crippen LogP contribution in [0.4, 0.5) is 0 Å². The lowest BCUT2D eigenvalue weighted by atomic mass is 9.48. The lowest BCUT2D eigenvalue weighted by Gasteiger charge is -2.58. The summed E-state index contributed by atoms with van der Waals surface area (Å²) in [5.41, 5.74) is 7.41. The summed E-state index contributed by atoms with van der Waals surface area (Å²) in [7, 11) is 0. The zero-order valence-corrected chi connectivity index (χ0v) is 11.8. The van der Waals surface area contributed by atoms with Gasteiger partial charge in [0.15, 0.2) is 0 Å². The summed E-state index contributed by atoms with van der Waals surface area (Å²) >= 11 is 0. The highest BCUT2D eigenvalue weighted by Gasteiger charge is 2.51. The molecule has 4 saturated carbocycles. The van der Waals surface area contributed by atoms with Gasteiger partial charge >= 0.3 is 0 Å². The highest BCUT2D eigenvalue weighted by molar-refractivity contribution is 5.03. The fraction of sp³-hybridized carbons (Fsp3) is 1.00. The van der Waals surface area contributed by atoms with Crippen LogP contribution in [-0.4, -0.2) is 6.04 Å². The number of hydrogen-bond donors (Lipinski definition) is 1. The van der Waals surface area contributed by atoms with Gasteiger partial charge < -0.3 is 5.73 Å². The predicted molar refractivity (Wildman–Crippen MR) is 72.7 cm³/mol. The Morgan fingerprint density at radius 3 is 1.76 bits per heavy atom. The van der Waals surface area contributed by atoms with Crippen LogP contribution in [0.25, 0.3) is 0 Å². The Morgan fingerprint density at radius 2 is 1.41 bits per heavy atom. The van der Waals surface area contributed by atoms with Crippen molar-refractivity contribution in [2.45, 2.75) is 71.8 Å². The molecule has 0 radical (unpaired) electrons. The minimum absolute atomic E-state index is 0.281. The van der Waals surface area contributed by atoms with Crippen molar-refractivity contribution in [3.63, 3.8) is 0 Å². The van der Waals surface area contributed by atoms with E-state index < -0.39 is 0 Å². The number of hydrogen-bond acceptors (Lipinski definition) is 1. The first kappa shape index (κ1) is 12.0. The fourth-order valence-corrected chi connectivity index (χ4v) is 5.31. The van der Waals surface area contributed by atoms with Gasteiger partial charge in [-0.15, -0.1) is 0 Å². The Hall–Kier alpha value is -0.0400. The van der Waals surface area contributed by atoms with Gasteiger partial charge in [0.05, 0.1) is 0 Å². The first-order valence-electron chi connectivity index (χ1n) is 7.62. The molecule has 98 valence electrons. The summed E-state index contributed by atoms with van der Waals surface area (Å²) in [6.45, 7) is 6.91. The Balaban J connectivity index is 1.74. The standard InChI is InChI=1S/C16H29N/c1-15(2,3)14(17)10-16-7-11-4-12(8-16)6-13(5-11)9-16/h11-14H,4-10,17H2,1-3H3. The van der Waals surface area contributed by atoms with Crippen molar-refractivity contribution in [1.29, 1.82) is 0 Å². The second-order valence-electron chi connectivity index (χ2n) is 8.59. The van der Waals surface area contributed by atoms with E-state index in [1.807, 2.05) is 0 Å². The lowest BCUT2D eigenvalue weighted by Crippen LogP contribution is -2.50. The van der Waals surface area contributed by atoms with Gasteiger partial charge in [-0.3, -0.25) is 0 Å². The van der Waals surface area contributed by atoms with Crippen LogP contribution in [0, 0.1) is 28.6 Å². The van der Waals surface area contributed by atoms with Crippen LogP contribution in [0.2, 0.25) is 0 Å². The summed E-state index contributed by atoms with van der Waals surface area (Å²) in [6, 6.07) is 0.388. The van der Waals surface area contributed by atoms with Crippen LogP contribution in [0.1, 0.15) is 65.7 Å². The lowest BCUT2D eigenvalue weighted by molar-refractivity contribution is -0.0651. The molecule has 1 nitrogen and oxygen atoms in total. The van der Waals surface area contributed by atoms with Crippen LogP contribution < -0.4 is 5.73 Å². The molecule has 1 heteroatoms. The molecule has 0 aromatic heterocycles.